The first kappa shape index (κ1) is 19.5. The number of halogens is 3. The zero-order valence-electron chi connectivity index (χ0n) is 15.7. The van der Waals surface area contributed by atoms with E-state index in [1.165, 1.54) is 17.7 Å². The van der Waals surface area contributed by atoms with Crippen LogP contribution >= 0.6 is 0 Å². The summed E-state index contributed by atoms with van der Waals surface area (Å²) in [4.78, 5) is 0. The normalized spacial score (nSPS) is 18.9. The quantitative estimate of drug-likeness (QED) is 0.597. The maximum absolute atomic E-state index is 12.6. The van der Waals surface area contributed by atoms with Crippen LogP contribution in [0.3, 0.4) is 0 Å². The molecule has 2 nitrogen and oxygen atoms in total. The van der Waals surface area contributed by atoms with Crippen LogP contribution in [0.25, 0.3) is 0 Å². The van der Waals surface area contributed by atoms with Crippen LogP contribution in [0.15, 0.2) is 72.8 Å². The molecule has 1 N–H and O–H groups in total. The average molecular weight is 398 g/mol. The van der Waals surface area contributed by atoms with Gasteiger partial charge in [0.1, 0.15) is 18.0 Å². The smallest absolute Gasteiger partial charge is 0.416 e. The van der Waals surface area contributed by atoms with E-state index in [9.17, 15) is 18.3 Å². The molecule has 3 aromatic rings. The van der Waals surface area contributed by atoms with Gasteiger partial charge in [0.25, 0.3) is 0 Å². The Labute approximate surface area is 167 Å². The summed E-state index contributed by atoms with van der Waals surface area (Å²) in [6, 6.07) is 20.2. The Morgan fingerprint density at radius 1 is 0.897 bits per heavy atom. The molecule has 0 bridgehead atoms. The fourth-order valence-corrected chi connectivity index (χ4v) is 3.89. The molecule has 3 aromatic carbocycles. The van der Waals surface area contributed by atoms with Gasteiger partial charge in [0.05, 0.1) is 5.56 Å². The highest BCUT2D eigenvalue weighted by Crippen LogP contribution is 2.40. The molecular formula is C24H21F3O2. The van der Waals surface area contributed by atoms with Gasteiger partial charge in [-0.05, 0) is 65.8 Å². The van der Waals surface area contributed by atoms with E-state index in [1.54, 1.807) is 12.1 Å². The number of aliphatic hydroxyl groups is 1. The molecule has 1 atom stereocenters. The van der Waals surface area contributed by atoms with Crippen molar-refractivity contribution in [3.05, 3.63) is 101 Å². The Balaban J connectivity index is 1.46. The molecule has 1 unspecified atom stereocenters. The number of aryl methyl sites for hydroxylation is 1. The van der Waals surface area contributed by atoms with E-state index in [1.807, 2.05) is 30.3 Å². The van der Waals surface area contributed by atoms with Crippen molar-refractivity contribution in [1.29, 1.82) is 0 Å². The van der Waals surface area contributed by atoms with Crippen molar-refractivity contribution in [2.45, 2.75) is 37.6 Å². The molecule has 0 fully saturated rings. The summed E-state index contributed by atoms with van der Waals surface area (Å²) in [5.74, 6) is 0.598. The van der Waals surface area contributed by atoms with Crippen molar-refractivity contribution >= 4 is 0 Å². The highest BCUT2D eigenvalue weighted by Gasteiger charge is 2.35. The van der Waals surface area contributed by atoms with Crippen LogP contribution in [0.5, 0.6) is 5.75 Å². The van der Waals surface area contributed by atoms with Gasteiger partial charge < -0.3 is 9.84 Å². The maximum Gasteiger partial charge on any atom is 0.416 e. The topological polar surface area (TPSA) is 29.5 Å². The fourth-order valence-electron chi connectivity index (χ4n) is 3.89. The average Bonchev–Trinajstić information content (AvgIpc) is 2.73. The first-order valence-electron chi connectivity index (χ1n) is 9.56. The van der Waals surface area contributed by atoms with Crippen LogP contribution in [0.1, 0.15) is 40.7 Å². The van der Waals surface area contributed by atoms with Crippen molar-refractivity contribution in [3.63, 3.8) is 0 Å². The van der Waals surface area contributed by atoms with E-state index in [-0.39, 0.29) is 6.61 Å². The third kappa shape index (κ3) is 4.01. The molecule has 4 rings (SSSR count). The Kier molecular flexibility index (Phi) is 5.09. The van der Waals surface area contributed by atoms with Crippen LogP contribution in [-0.2, 0) is 24.8 Å². The molecule has 0 aromatic heterocycles. The van der Waals surface area contributed by atoms with Crippen molar-refractivity contribution < 1.29 is 23.0 Å². The number of rotatable bonds is 4. The predicted octanol–water partition coefficient (Wildman–Crippen LogP) is 5.86. The van der Waals surface area contributed by atoms with Crippen LogP contribution in [-0.4, -0.2) is 5.11 Å². The zero-order chi connectivity index (χ0) is 20.5. The van der Waals surface area contributed by atoms with E-state index in [4.69, 9.17) is 4.74 Å². The molecule has 1 aliphatic carbocycles. The monoisotopic (exact) mass is 398 g/mol. The third-order valence-electron chi connectivity index (χ3n) is 5.47. The first-order chi connectivity index (χ1) is 13.9. The Morgan fingerprint density at radius 2 is 1.59 bits per heavy atom. The summed E-state index contributed by atoms with van der Waals surface area (Å²) < 4.78 is 43.6. The molecule has 0 amide bonds. The number of ether oxygens (including phenoxy) is 1. The Morgan fingerprint density at radius 3 is 2.28 bits per heavy atom. The van der Waals surface area contributed by atoms with Crippen LogP contribution in [0.4, 0.5) is 13.2 Å². The Hall–Kier alpha value is -2.79. The summed E-state index contributed by atoms with van der Waals surface area (Å²) in [7, 11) is 0. The van der Waals surface area contributed by atoms with E-state index >= 15 is 0 Å². The van der Waals surface area contributed by atoms with Gasteiger partial charge in [0.2, 0.25) is 0 Å². The summed E-state index contributed by atoms with van der Waals surface area (Å²) in [5.41, 5.74) is 1.90. The minimum absolute atomic E-state index is 0.171. The minimum atomic E-state index is -4.34. The van der Waals surface area contributed by atoms with Gasteiger partial charge in [-0.1, -0.05) is 48.5 Å². The van der Waals surface area contributed by atoms with Crippen molar-refractivity contribution in [3.8, 4) is 5.75 Å². The molecule has 1 aliphatic rings. The summed E-state index contributed by atoms with van der Waals surface area (Å²) in [5, 5.41) is 11.4. The highest BCUT2D eigenvalue weighted by molar-refractivity contribution is 5.44. The molecule has 0 spiro atoms. The van der Waals surface area contributed by atoms with Crippen molar-refractivity contribution in [2.75, 3.05) is 0 Å². The second-order valence-electron chi connectivity index (χ2n) is 7.38. The van der Waals surface area contributed by atoms with E-state index in [2.05, 4.69) is 6.07 Å². The van der Waals surface area contributed by atoms with E-state index in [0.717, 1.165) is 36.1 Å². The van der Waals surface area contributed by atoms with Gasteiger partial charge in [-0.15, -0.1) is 0 Å². The van der Waals surface area contributed by atoms with Gasteiger partial charge in [-0.2, -0.15) is 13.2 Å². The van der Waals surface area contributed by atoms with Gasteiger partial charge in [-0.3, -0.25) is 0 Å². The van der Waals surface area contributed by atoms with Crippen molar-refractivity contribution in [1.82, 2.24) is 0 Å². The molecule has 0 radical (unpaired) electrons. The van der Waals surface area contributed by atoms with E-state index in [0.29, 0.717) is 17.7 Å². The predicted molar refractivity (Wildman–Crippen MR) is 105 cm³/mol. The fraction of sp³-hybridized carbons (Fsp3) is 0.250. The molecule has 150 valence electrons. The molecule has 5 heteroatoms. The first-order valence-corrected chi connectivity index (χ1v) is 9.56. The lowest BCUT2D eigenvalue weighted by Gasteiger charge is -2.35. The zero-order valence-corrected chi connectivity index (χ0v) is 15.7. The molecular weight excluding hydrogens is 377 g/mol. The van der Waals surface area contributed by atoms with Gasteiger partial charge in [0.15, 0.2) is 0 Å². The lowest BCUT2D eigenvalue weighted by molar-refractivity contribution is -0.137. The third-order valence-corrected chi connectivity index (χ3v) is 5.47. The second-order valence-corrected chi connectivity index (χ2v) is 7.38. The largest absolute Gasteiger partial charge is 0.489 e. The minimum Gasteiger partial charge on any atom is -0.489 e. The molecule has 0 saturated heterocycles. The van der Waals surface area contributed by atoms with Gasteiger partial charge >= 0.3 is 6.18 Å². The maximum atomic E-state index is 12.6. The number of fused-ring (bicyclic) bond motifs is 1. The van der Waals surface area contributed by atoms with Crippen LogP contribution in [0, 0.1) is 0 Å². The molecule has 29 heavy (non-hydrogen) atoms. The number of alkyl halides is 3. The Bertz CT molecular complexity index is 978. The van der Waals surface area contributed by atoms with E-state index < -0.39 is 17.3 Å². The lowest BCUT2D eigenvalue weighted by Crippen LogP contribution is -2.31. The highest BCUT2D eigenvalue weighted by atomic mass is 19.4. The van der Waals surface area contributed by atoms with Crippen LogP contribution in [0.2, 0.25) is 0 Å². The lowest BCUT2D eigenvalue weighted by atomic mass is 9.75. The summed E-state index contributed by atoms with van der Waals surface area (Å²) in [6.07, 6.45) is -1.80. The number of hydrogen-bond acceptors (Lipinski definition) is 2. The summed E-state index contributed by atoms with van der Waals surface area (Å²) >= 11 is 0. The van der Waals surface area contributed by atoms with Crippen molar-refractivity contribution in [2.24, 2.45) is 0 Å². The number of hydrogen-bond donors (Lipinski definition) is 1. The summed E-state index contributed by atoms with van der Waals surface area (Å²) in [6.45, 7) is 0.171. The second kappa shape index (κ2) is 7.56. The van der Waals surface area contributed by atoms with Gasteiger partial charge in [0, 0.05) is 0 Å². The SMILES string of the molecule is OC1(c2ccc(OCc3ccc(C(F)(F)F)cc3)cc2)CCCc2ccccc21. The molecule has 0 saturated carbocycles. The standard InChI is InChI=1S/C24H21F3O2/c25-24(26,27)20-9-7-17(8-10-20)16-29-21-13-11-19(12-14-21)23(28)15-3-5-18-4-1-2-6-22(18)23/h1-2,4,6-14,28H,3,5,15-16H2. The molecule has 0 heterocycles. The number of benzene rings is 3. The van der Waals surface area contributed by atoms with Gasteiger partial charge in [-0.25, -0.2) is 0 Å². The molecule has 0 aliphatic heterocycles. The van der Waals surface area contributed by atoms with Crippen LogP contribution < -0.4 is 4.74 Å².